The molecule has 1 aliphatic rings. The molecule has 3 aromatic heterocycles. The zero-order valence-corrected chi connectivity index (χ0v) is 22.2. The van der Waals surface area contributed by atoms with Crippen molar-refractivity contribution in [2.45, 2.75) is 26.1 Å². The number of morpholine rings is 1. The Labute approximate surface area is 224 Å². The number of hydrogen-bond donors (Lipinski definition) is 1. The lowest BCUT2D eigenvalue weighted by atomic mass is 10.1. The second-order valence-corrected chi connectivity index (χ2v) is 10.8. The molecule has 0 unspecified atom stereocenters. The number of carbonyl (C=O) groups excluding carboxylic acids is 1. The summed E-state index contributed by atoms with van der Waals surface area (Å²) in [4.78, 5) is 21.9. The predicted molar refractivity (Wildman–Crippen MR) is 147 cm³/mol. The van der Waals surface area contributed by atoms with Crippen molar-refractivity contribution in [1.29, 1.82) is 0 Å². The molecule has 1 aliphatic heterocycles. The van der Waals surface area contributed by atoms with Gasteiger partial charge in [0.05, 0.1) is 24.1 Å². The fraction of sp³-hybridized carbons (Fsp3) is 0.296. The lowest BCUT2D eigenvalue weighted by Crippen LogP contribution is -2.35. The summed E-state index contributed by atoms with van der Waals surface area (Å²) in [5.74, 6) is -0.0629. The van der Waals surface area contributed by atoms with Crippen LogP contribution in [0.25, 0.3) is 10.2 Å². The number of rotatable bonds is 8. The van der Waals surface area contributed by atoms with Crippen LogP contribution in [0.2, 0.25) is 5.02 Å². The topological polar surface area (TPSA) is 59.4 Å². The Morgan fingerprint density at radius 3 is 2.69 bits per heavy atom. The molecule has 4 aromatic rings. The molecule has 0 atom stereocenters. The highest BCUT2D eigenvalue weighted by molar-refractivity contribution is 7.71. The molecule has 1 saturated heterocycles. The number of thiophene rings is 1. The third-order valence-corrected chi connectivity index (χ3v) is 8.08. The van der Waals surface area contributed by atoms with Crippen molar-refractivity contribution < 1.29 is 9.53 Å². The van der Waals surface area contributed by atoms with E-state index in [1.165, 1.54) is 4.88 Å². The highest BCUT2D eigenvalue weighted by Crippen LogP contribution is 2.30. The van der Waals surface area contributed by atoms with E-state index in [1.54, 1.807) is 17.5 Å². The van der Waals surface area contributed by atoms with Crippen LogP contribution in [-0.2, 0) is 35.6 Å². The van der Waals surface area contributed by atoms with E-state index in [-0.39, 0.29) is 12.3 Å². The van der Waals surface area contributed by atoms with Gasteiger partial charge in [0.1, 0.15) is 4.83 Å². The monoisotopic (exact) mass is 538 g/mol. The zero-order valence-electron chi connectivity index (χ0n) is 19.8. The summed E-state index contributed by atoms with van der Waals surface area (Å²) < 4.78 is 8.45. The van der Waals surface area contributed by atoms with Gasteiger partial charge < -0.3 is 14.6 Å². The van der Waals surface area contributed by atoms with Gasteiger partial charge in [0.15, 0.2) is 0 Å². The third kappa shape index (κ3) is 6.19. The minimum Gasteiger partial charge on any atom is -0.379 e. The quantitative estimate of drug-likeness (QED) is 0.312. The molecule has 4 heterocycles. The Balaban J connectivity index is 1.41. The number of hydrogen-bond acceptors (Lipinski definition) is 6. The average Bonchev–Trinajstić information content (AvgIpc) is 3.32. The molecule has 1 N–H and O–H groups in total. The zero-order chi connectivity index (χ0) is 24.9. The second kappa shape index (κ2) is 11.6. The minimum atomic E-state index is -0.0629. The van der Waals surface area contributed by atoms with E-state index in [0.29, 0.717) is 18.1 Å². The molecule has 36 heavy (non-hydrogen) atoms. The van der Waals surface area contributed by atoms with E-state index in [0.717, 1.165) is 64.3 Å². The molecule has 0 aliphatic carbocycles. The summed E-state index contributed by atoms with van der Waals surface area (Å²) in [6, 6.07) is 13.7. The highest BCUT2D eigenvalue weighted by Gasteiger charge is 2.17. The van der Waals surface area contributed by atoms with Gasteiger partial charge in [-0.2, -0.15) is 0 Å². The van der Waals surface area contributed by atoms with Gasteiger partial charge in [0.2, 0.25) is 5.91 Å². The van der Waals surface area contributed by atoms with E-state index >= 15 is 0 Å². The van der Waals surface area contributed by atoms with Gasteiger partial charge in [0.25, 0.3) is 0 Å². The molecule has 0 saturated carbocycles. The summed E-state index contributed by atoms with van der Waals surface area (Å²) in [6.45, 7) is 5.40. The summed E-state index contributed by atoms with van der Waals surface area (Å²) in [7, 11) is 0. The number of carbonyl (C=O) groups is 1. The molecule has 0 radical (unpaired) electrons. The first-order valence-electron chi connectivity index (χ1n) is 11.9. The van der Waals surface area contributed by atoms with Crippen LogP contribution in [0.5, 0.6) is 0 Å². The molecule has 186 valence electrons. The number of nitrogens with one attached hydrogen (secondary N) is 1. The lowest BCUT2D eigenvalue weighted by Gasteiger charge is -2.25. The maximum Gasteiger partial charge on any atom is 0.224 e. The maximum absolute atomic E-state index is 12.9. The number of fused-ring (bicyclic) bond motifs is 1. The normalized spacial score (nSPS) is 14.2. The number of nitrogens with zero attached hydrogens (tertiary/aromatic N) is 3. The average molecular weight is 539 g/mol. The molecule has 1 fully saturated rings. The molecule has 5 rings (SSSR count). The van der Waals surface area contributed by atoms with Crippen molar-refractivity contribution in [3.05, 3.63) is 92.2 Å². The predicted octanol–water partition coefficient (Wildman–Crippen LogP) is 5.22. The Kier molecular flexibility index (Phi) is 8.09. The maximum atomic E-state index is 12.9. The van der Waals surface area contributed by atoms with Crippen LogP contribution < -0.4 is 5.32 Å². The lowest BCUT2D eigenvalue weighted by molar-refractivity contribution is -0.120. The fourth-order valence-corrected chi connectivity index (χ4v) is 5.96. The van der Waals surface area contributed by atoms with Gasteiger partial charge in [-0.1, -0.05) is 42.0 Å². The Bertz CT molecular complexity index is 1400. The van der Waals surface area contributed by atoms with Crippen molar-refractivity contribution in [2.75, 3.05) is 26.3 Å². The molecule has 0 spiro atoms. The van der Waals surface area contributed by atoms with Crippen LogP contribution in [0.15, 0.2) is 61.1 Å². The SMILES string of the molecule is O=C(Cc1cn(Cc2cccnc2)c2sc(CN3CCOCC3)cc2c1=S)NCc1ccc(Cl)cc1. The standard InChI is InChI=1S/C27H27ClN4O2S2/c28-22-5-3-19(4-6-22)15-30-25(33)12-21-17-32(16-20-2-1-7-29-14-20)27-24(26(21)35)13-23(36-27)18-31-8-10-34-11-9-31/h1-7,13-14,17H,8-12,15-16,18H2,(H,30,33). The summed E-state index contributed by atoms with van der Waals surface area (Å²) in [5.41, 5.74) is 2.95. The molecule has 9 heteroatoms. The first-order chi connectivity index (χ1) is 17.5. The number of pyridine rings is 2. The highest BCUT2D eigenvalue weighted by atomic mass is 35.5. The molecule has 1 aromatic carbocycles. The largest absolute Gasteiger partial charge is 0.379 e. The summed E-state index contributed by atoms with van der Waals surface area (Å²) in [6.07, 6.45) is 5.91. The first-order valence-corrected chi connectivity index (χ1v) is 13.5. The van der Waals surface area contributed by atoms with Gasteiger partial charge in [-0.3, -0.25) is 14.7 Å². The summed E-state index contributed by atoms with van der Waals surface area (Å²) >= 11 is 13.6. The number of ether oxygens (including phenoxy) is 1. The fourth-order valence-electron chi connectivity index (χ4n) is 4.31. The van der Waals surface area contributed by atoms with Crippen LogP contribution in [-0.4, -0.2) is 46.7 Å². The molecule has 6 nitrogen and oxygen atoms in total. The summed E-state index contributed by atoms with van der Waals surface area (Å²) in [5, 5.41) is 4.72. The third-order valence-electron chi connectivity index (χ3n) is 6.19. The smallest absolute Gasteiger partial charge is 0.224 e. The van der Waals surface area contributed by atoms with Crippen LogP contribution in [0.1, 0.15) is 21.6 Å². The van der Waals surface area contributed by atoms with E-state index < -0.39 is 0 Å². The van der Waals surface area contributed by atoms with Crippen molar-refractivity contribution in [3.8, 4) is 0 Å². The van der Waals surface area contributed by atoms with Crippen LogP contribution in [0.3, 0.4) is 0 Å². The van der Waals surface area contributed by atoms with Gasteiger partial charge in [-0.15, -0.1) is 11.3 Å². The van der Waals surface area contributed by atoms with Crippen molar-refractivity contribution in [2.24, 2.45) is 0 Å². The van der Waals surface area contributed by atoms with Crippen LogP contribution >= 0.6 is 35.2 Å². The number of halogens is 1. The number of amides is 1. The molecular formula is C27H27ClN4O2S2. The van der Waals surface area contributed by atoms with Gasteiger partial charge in [0, 0.05) is 66.6 Å². The molecular weight excluding hydrogens is 512 g/mol. The van der Waals surface area contributed by atoms with E-state index in [1.807, 2.05) is 42.7 Å². The van der Waals surface area contributed by atoms with Crippen molar-refractivity contribution in [1.82, 2.24) is 19.8 Å². The van der Waals surface area contributed by atoms with E-state index in [4.69, 9.17) is 28.6 Å². The Morgan fingerprint density at radius 1 is 1.14 bits per heavy atom. The molecule has 0 bridgehead atoms. The van der Waals surface area contributed by atoms with Crippen molar-refractivity contribution >= 4 is 51.3 Å². The number of benzene rings is 1. The molecule has 1 amide bonds. The number of aromatic nitrogens is 2. The van der Waals surface area contributed by atoms with Gasteiger partial charge in [-0.05, 0) is 41.0 Å². The van der Waals surface area contributed by atoms with E-state index in [2.05, 4.69) is 31.9 Å². The Hall–Kier alpha value is -2.62. The van der Waals surface area contributed by atoms with Crippen LogP contribution in [0.4, 0.5) is 0 Å². The Morgan fingerprint density at radius 2 is 1.94 bits per heavy atom. The van der Waals surface area contributed by atoms with E-state index in [9.17, 15) is 4.79 Å². The van der Waals surface area contributed by atoms with Crippen LogP contribution in [0, 0.1) is 4.51 Å². The van der Waals surface area contributed by atoms with Crippen molar-refractivity contribution in [3.63, 3.8) is 0 Å². The minimum absolute atomic E-state index is 0.0629. The van der Waals surface area contributed by atoms with Gasteiger partial charge in [-0.25, -0.2) is 0 Å². The second-order valence-electron chi connectivity index (χ2n) is 8.87. The first kappa shape index (κ1) is 25.0. The van der Waals surface area contributed by atoms with Gasteiger partial charge >= 0.3 is 0 Å².